The lowest BCUT2D eigenvalue weighted by molar-refractivity contribution is -0.144. The van der Waals surface area contributed by atoms with E-state index >= 15 is 0 Å². The number of hydrogen-bond acceptors (Lipinski definition) is 3. The molecule has 0 aromatic heterocycles. The Hall–Kier alpha value is -1.39. The summed E-state index contributed by atoms with van der Waals surface area (Å²) in [4.78, 5) is 32.6. The molecule has 1 saturated carbocycles. The van der Waals surface area contributed by atoms with Crippen LogP contribution in [0.15, 0.2) is 0 Å². The lowest BCUT2D eigenvalue weighted by Crippen LogP contribution is -2.32. The quantitative estimate of drug-likeness (QED) is 0.743. The SMILES string of the molecule is O=C(O)CC[C@]1(CC(=O)O)CCCC(=O)C1. The molecule has 90 valence electrons. The highest BCUT2D eigenvalue weighted by Crippen LogP contribution is 2.41. The molecule has 0 heterocycles. The van der Waals surface area contributed by atoms with Crippen molar-refractivity contribution in [2.45, 2.75) is 44.9 Å². The largest absolute Gasteiger partial charge is 0.481 e. The Kier molecular flexibility index (Phi) is 4.04. The van der Waals surface area contributed by atoms with Gasteiger partial charge in [0.05, 0.1) is 6.42 Å². The van der Waals surface area contributed by atoms with Gasteiger partial charge in [0.25, 0.3) is 0 Å². The van der Waals surface area contributed by atoms with Gasteiger partial charge in [-0.3, -0.25) is 14.4 Å². The van der Waals surface area contributed by atoms with Crippen LogP contribution < -0.4 is 0 Å². The molecule has 5 heteroatoms. The predicted molar refractivity (Wildman–Crippen MR) is 55.0 cm³/mol. The fraction of sp³-hybridized carbons (Fsp3) is 0.727. The predicted octanol–water partition coefficient (Wildman–Crippen LogP) is 1.46. The molecule has 1 rings (SSSR count). The van der Waals surface area contributed by atoms with E-state index in [1.54, 1.807) is 0 Å². The third kappa shape index (κ3) is 3.64. The van der Waals surface area contributed by atoms with Gasteiger partial charge in [-0.15, -0.1) is 0 Å². The van der Waals surface area contributed by atoms with Crippen LogP contribution in [-0.4, -0.2) is 27.9 Å². The molecule has 0 unspecified atom stereocenters. The molecule has 0 spiro atoms. The summed E-state index contributed by atoms with van der Waals surface area (Å²) in [6, 6.07) is 0. The van der Waals surface area contributed by atoms with Gasteiger partial charge in [0.1, 0.15) is 5.78 Å². The minimum absolute atomic E-state index is 0.0536. The number of Topliss-reactive ketones (excluding diaryl/α,β-unsaturated/α-hetero) is 1. The molecule has 0 aromatic carbocycles. The lowest BCUT2D eigenvalue weighted by atomic mass is 9.68. The Balaban J connectivity index is 2.70. The summed E-state index contributed by atoms with van der Waals surface area (Å²) >= 11 is 0. The van der Waals surface area contributed by atoms with Gasteiger partial charge in [0.15, 0.2) is 0 Å². The fourth-order valence-electron chi connectivity index (χ4n) is 2.40. The van der Waals surface area contributed by atoms with Crippen LogP contribution in [0.5, 0.6) is 0 Å². The first-order valence-electron chi connectivity index (χ1n) is 5.39. The second kappa shape index (κ2) is 5.09. The highest BCUT2D eigenvalue weighted by Gasteiger charge is 2.37. The molecule has 5 nitrogen and oxygen atoms in total. The number of carboxylic acids is 2. The molecular formula is C11H16O5. The zero-order chi connectivity index (χ0) is 12.2. The molecule has 1 fully saturated rings. The van der Waals surface area contributed by atoms with Crippen LogP contribution in [-0.2, 0) is 14.4 Å². The van der Waals surface area contributed by atoms with E-state index in [1.807, 2.05) is 0 Å². The van der Waals surface area contributed by atoms with Gasteiger partial charge in [-0.05, 0) is 24.7 Å². The summed E-state index contributed by atoms with van der Waals surface area (Å²) in [5.74, 6) is -1.85. The minimum atomic E-state index is -0.958. The first-order valence-corrected chi connectivity index (χ1v) is 5.39. The Morgan fingerprint density at radius 3 is 2.44 bits per heavy atom. The molecule has 1 aliphatic carbocycles. The number of carboxylic acid groups (broad SMARTS) is 2. The summed E-state index contributed by atoms with van der Waals surface area (Å²) in [7, 11) is 0. The lowest BCUT2D eigenvalue weighted by Gasteiger charge is -2.34. The van der Waals surface area contributed by atoms with Crippen LogP contribution in [0, 0.1) is 5.41 Å². The molecular weight excluding hydrogens is 212 g/mol. The van der Waals surface area contributed by atoms with Gasteiger partial charge in [-0.2, -0.15) is 0 Å². The fourth-order valence-corrected chi connectivity index (χ4v) is 2.40. The molecule has 0 amide bonds. The summed E-state index contributed by atoms with van der Waals surface area (Å²) in [5.41, 5.74) is -0.625. The van der Waals surface area contributed by atoms with Gasteiger partial charge >= 0.3 is 11.9 Å². The van der Waals surface area contributed by atoms with Crippen LogP contribution in [0.4, 0.5) is 0 Å². The average Bonchev–Trinajstić information content (AvgIpc) is 2.13. The molecule has 2 N–H and O–H groups in total. The first-order chi connectivity index (χ1) is 7.43. The highest BCUT2D eigenvalue weighted by atomic mass is 16.4. The van der Waals surface area contributed by atoms with E-state index < -0.39 is 17.4 Å². The van der Waals surface area contributed by atoms with Gasteiger partial charge in [-0.1, -0.05) is 0 Å². The van der Waals surface area contributed by atoms with Crippen LogP contribution in [0.2, 0.25) is 0 Å². The minimum Gasteiger partial charge on any atom is -0.481 e. The molecule has 0 bridgehead atoms. The zero-order valence-corrected chi connectivity index (χ0v) is 9.07. The topological polar surface area (TPSA) is 91.7 Å². The maximum Gasteiger partial charge on any atom is 0.303 e. The van der Waals surface area contributed by atoms with E-state index in [2.05, 4.69) is 0 Å². The van der Waals surface area contributed by atoms with E-state index in [-0.39, 0.29) is 31.5 Å². The van der Waals surface area contributed by atoms with Crippen LogP contribution in [0.3, 0.4) is 0 Å². The molecule has 0 aromatic rings. The number of carbonyl (C=O) groups excluding carboxylic acids is 1. The van der Waals surface area contributed by atoms with Crippen LogP contribution >= 0.6 is 0 Å². The highest BCUT2D eigenvalue weighted by molar-refractivity contribution is 5.81. The van der Waals surface area contributed by atoms with Crippen molar-refractivity contribution >= 4 is 17.7 Å². The van der Waals surface area contributed by atoms with E-state index in [0.29, 0.717) is 19.3 Å². The van der Waals surface area contributed by atoms with Crippen molar-refractivity contribution in [2.75, 3.05) is 0 Å². The third-order valence-electron chi connectivity index (χ3n) is 3.13. The van der Waals surface area contributed by atoms with Gasteiger partial charge in [-0.25, -0.2) is 0 Å². The Labute approximate surface area is 93.5 Å². The normalized spacial score (nSPS) is 25.4. The zero-order valence-electron chi connectivity index (χ0n) is 9.07. The second-order valence-corrected chi connectivity index (χ2v) is 4.53. The first kappa shape index (κ1) is 12.7. The smallest absolute Gasteiger partial charge is 0.303 e. The number of carbonyl (C=O) groups is 3. The Morgan fingerprint density at radius 2 is 1.94 bits per heavy atom. The van der Waals surface area contributed by atoms with Crippen molar-refractivity contribution in [1.82, 2.24) is 0 Å². The molecule has 0 saturated heterocycles. The maximum atomic E-state index is 11.4. The van der Waals surface area contributed by atoms with Gasteiger partial charge in [0.2, 0.25) is 0 Å². The van der Waals surface area contributed by atoms with Gasteiger partial charge < -0.3 is 10.2 Å². The van der Waals surface area contributed by atoms with Crippen molar-refractivity contribution < 1.29 is 24.6 Å². The van der Waals surface area contributed by atoms with E-state index in [9.17, 15) is 14.4 Å². The van der Waals surface area contributed by atoms with E-state index in [4.69, 9.17) is 10.2 Å². The van der Waals surface area contributed by atoms with Crippen molar-refractivity contribution in [3.05, 3.63) is 0 Å². The summed E-state index contributed by atoms with van der Waals surface area (Å²) < 4.78 is 0. The summed E-state index contributed by atoms with van der Waals surface area (Å²) in [6.45, 7) is 0. The molecule has 0 aliphatic heterocycles. The van der Waals surface area contributed by atoms with E-state index in [1.165, 1.54) is 0 Å². The molecule has 0 radical (unpaired) electrons. The Morgan fingerprint density at radius 1 is 1.25 bits per heavy atom. The Bertz CT molecular complexity index is 305. The molecule has 1 aliphatic rings. The second-order valence-electron chi connectivity index (χ2n) is 4.53. The van der Waals surface area contributed by atoms with Crippen LogP contribution in [0.25, 0.3) is 0 Å². The molecule has 16 heavy (non-hydrogen) atoms. The van der Waals surface area contributed by atoms with Crippen molar-refractivity contribution in [1.29, 1.82) is 0 Å². The summed E-state index contributed by atoms with van der Waals surface area (Å²) in [6.07, 6.45) is 2.12. The van der Waals surface area contributed by atoms with Gasteiger partial charge in [0, 0.05) is 19.3 Å². The summed E-state index contributed by atoms with van der Waals surface area (Å²) in [5, 5.41) is 17.4. The maximum absolute atomic E-state index is 11.4. The average molecular weight is 228 g/mol. The van der Waals surface area contributed by atoms with E-state index in [0.717, 1.165) is 0 Å². The van der Waals surface area contributed by atoms with Crippen LogP contribution in [0.1, 0.15) is 44.9 Å². The third-order valence-corrected chi connectivity index (χ3v) is 3.13. The monoisotopic (exact) mass is 228 g/mol. The standard InChI is InChI=1S/C11H16O5/c12-8-2-1-4-11(6-8,7-10(15)16)5-3-9(13)14/h1-7H2,(H,13,14)(H,15,16)/t11-/m1/s1. The van der Waals surface area contributed by atoms with Crippen molar-refractivity contribution in [3.63, 3.8) is 0 Å². The number of aliphatic carboxylic acids is 2. The molecule has 1 atom stereocenters. The number of hydrogen-bond donors (Lipinski definition) is 2. The van der Waals surface area contributed by atoms with Crippen molar-refractivity contribution in [2.24, 2.45) is 5.41 Å². The van der Waals surface area contributed by atoms with Crippen molar-refractivity contribution in [3.8, 4) is 0 Å². The number of ketones is 1. The number of rotatable bonds is 5.